The lowest BCUT2D eigenvalue weighted by atomic mass is 9.81. The van der Waals surface area contributed by atoms with Crippen molar-refractivity contribution in [3.63, 3.8) is 0 Å². The van der Waals surface area contributed by atoms with Crippen LogP contribution < -0.4 is 5.32 Å². The van der Waals surface area contributed by atoms with Crippen LogP contribution in [0, 0.1) is 17.7 Å². The van der Waals surface area contributed by atoms with Gasteiger partial charge in [-0.3, -0.25) is 0 Å². The van der Waals surface area contributed by atoms with Crippen molar-refractivity contribution < 1.29 is 9.50 Å². The van der Waals surface area contributed by atoms with E-state index >= 15 is 0 Å². The first-order chi connectivity index (χ1) is 9.60. The first-order valence-corrected chi connectivity index (χ1v) is 7.82. The highest BCUT2D eigenvalue weighted by atomic mass is 19.1. The Morgan fingerprint density at radius 1 is 1.25 bits per heavy atom. The minimum absolute atomic E-state index is 0.0144. The molecule has 3 heteroatoms. The summed E-state index contributed by atoms with van der Waals surface area (Å²) in [5.41, 5.74) is 0.630. The Morgan fingerprint density at radius 2 is 1.90 bits per heavy atom. The third-order valence-corrected chi connectivity index (χ3v) is 4.71. The van der Waals surface area contributed by atoms with Crippen LogP contribution in [0.5, 0.6) is 5.75 Å². The van der Waals surface area contributed by atoms with E-state index < -0.39 is 0 Å². The molecule has 0 heterocycles. The predicted molar refractivity (Wildman–Crippen MR) is 80.2 cm³/mol. The Labute approximate surface area is 121 Å². The van der Waals surface area contributed by atoms with Crippen molar-refractivity contribution in [3.05, 3.63) is 29.6 Å². The van der Waals surface area contributed by atoms with E-state index in [4.69, 9.17) is 0 Å². The van der Waals surface area contributed by atoms with Crippen LogP contribution in [0.25, 0.3) is 0 Å². The molecule has 0 amide bonds. The van der Waals surface area contributed by atoms with Gasteiger partial charge >= 0.3 is 0 Å². The van der Waals surface area contributed by atoms with Crippen molar-refractivity contribution in [3.8, 4) is 5.75 Å². The number of hydrogen-bond acceptors (Lipinski definition) is 2. The molecule has 0 saturated heterocycles. The minimum atomic E-state index is -0.334. The summed E-state index contributed by atoms with van der Waals surface area (Å²) in [6, 6.07) is 4.37. The number of hydrogen-bond donors (Lipinski definition) is 2. The van der Waals surface area contributed by atoms with Gasteiger partial charge in [-0.05, 0) is 44.2 Å². The minimum Gasteiger partial charge on any atom is -0.508 e. The van der Waals surface area contributed by atoms with E-state index in [1.165, 1.54) is 38.2 Å². The Kier molecular flexibility index (Phi) is 5.41. The lowest BCUT2D eigenvalue weighted by Gasteiger charge is -2.29. The second-order valence-corrected chi connectivity index (χ2v) is 6.13. The van der Waals surface area contributed by atoms with Gasteiger partial charge in [0.25, 0.3) is 0 Å². The molecular formula is C17H26FNO. The van der Waals surface area contributed by atoms with Crippen molar-refractivity contribution >= 4 is 0 Å². The molecule has 1 aliphatic carbocycles. The maximum Gasteiger partial charge on any atom is 0.131 e. The summed E-state index contributed by atoms with van der Waals surface area (Å²) < 4.78 is 13.8. The highest BCUT2D eigenvalue weighted by Crippen LogP contribution is 2.30. The molecule has 112 valence electrons. The van der Waals surface area contributed by atoms with Crippen LogP contribution in [0.4, 0.5) is 4.39 Å². The van der Waals surface area contributed by atoms with E-state index in [1.54, 1.807) is 12.1 Å². The third kappa shape index (κ3) is 3.95. The highest BCUT2D eigenvalue weighted by molar-refractivity contribution is 5.29. The molecule has 0 aromatic heterocycles. The fourth-order valence-corrected chi connectivity index (χ4v) is 3.16. The molecule has 2 N–H and O–H groups in total. The average molecular weight is 279 g/mol. The quantitative estimate of drug-likeness (QED) is 0.837. The third-order valence-electron chi connectivity index (χ3n) is 4.71. The van der Waals surface area contributed by atoms with E-state index in [1.807, 2.05) is 6.92 Å². The van der Waals surface area contributed by atoms with Crippen LogP contribution in [0.15, 0.2) is 18.2 Å². The van der Waals surface area contributed by atoms with Gasteiger partial charge < -0.3 is 10.4 Å². The number of benzene rings is 1. The topological polar surface area (TPSA) is 32.3 Å². The Bertz CT molecular complexity index is 427. The number of phenolic OH excluding ortho intramolecular Hbond substituents is 1. The summed E-state index contributed by atoms with van der Waals surface area (Å²) in [6.07, 6.45) is 6.55. The molecule has 1 unspecified atom stereocenters. The number of phenols is 1. The molecule has 2 nitrogen and oxygen atoms in total. The van der Waals surface area contributed by atoms with Crippen LogP contribution in [0.1, 0.15) is 57.6 Å². The van der Waals surface area contributed by atoms with E-state index in [9.17, 15) is 9.50 Å². The van der Waals surface area contributed by atoms with Gasteiger partial charge in [-0.15, -0.1) is 0 Å². The largest absolute Gasteiger partial charge is 0.508 e. The van der Waals surface area contributed by atoms with Gasteiger partial charge in [0.2, 0.25) is 0 Å². The molecule has 20 heavy (non-hydrogen) atoms. The summed E-state index contributed by atoms with van der Waals surface area (Å²) in [5, 5.41) is 12.7. The van der Waals surface area contributed by atoms with Gasteiger partial charge in [0.15, 0.2) is 0 Å². The molecule has 0 radical (unpaired) electrons. The molecular weight excluding hydrogens is 253 g/mol. The summed E-state index contributed by atoms with van der Waals surface area (Å²) in [5.74, 6) is 1.29. The molecule has 1 aromatic rings. The van der Waals surface area contributed by atoms with Crippen molar-refractivity contribution in [2.75, 3.05) is 6.54 Å². The number of nitrogens with one attached hydrogen (secondary N) is 1. The second-order valence-electron chi connectivity index (χ2n) is 6.13. The fraction of sp³-hybridized carbons (Fsp3) is 0.647. The predicted octanol–water partition coefficient (Wildman–Crippen LogP) is 4.40. The SMILES string of the molecule is CCC1CCC(CNC(C)c2ccc(O)cc2F)CC1. The molecule has 2 rings (SSSR count). The lowest BCUT2D eigenvalue weighted by Crippen LogP contribution is -2.28. The first-order valence-electron chi connectivity index (χ1n) is 7.82. The lowest BCUT2D eigenvalue weighted by molar-refractivity contribution is 0.257. The van der Waals surface area contributed by atoms with Gasteiger partial charge in [-0.25, -0.2) is 4.39 Å². The Balaban J connectivity index is 1.82. The van der Waals surface area contributed by atoms with Crippen molar-refractivity contribution in [2.45, 2.75) is 52.0 Å². The molecule has 1 atom stereocenters. The summed E-state index contributed by atoms with van der Waals surface area (Å²) >= 11 is 0. The van der Waals surface area contributed by atoms with Crippen molar-refractivity contribution in [2.24, 2.45) is 11.8 Å². The van der Waals surface area contributed by atoms with E-state index in [2.05, 4.69) is 12.2 Å². The van der Waals surface area contributed by atoms with Crippen molar-refractivity contribution in [1.82, 2.24) is 5.32 Å². The van der Waals surface area contributed by atoms with Gasteiger partial charge in [0.05, 0.1) is 0 Å². The normalized spacial score (nSPS) is 24.6. The van der Waals surface area contributed by atoms with Gasteiger partial charge in [0.1, 0.15) is 11.6 Å². The van der Waals surface area contributed by atoms with Gasteiger partial charge in [0, 0.05) is 17.7 Å². The Morgan fingerprint density at radius 3 is 2.50 bits per heavy atom. The van der Waals surface area contributed by atoms with Crippen LogP contribution >= 0.6 is 0 Å². The average Bonchev–Trinajstić information content (AvgIpc) is 2.45. The van der Waals surface area contributed by atoms with Crippen molar-refractivity contribution in [1.29, 1.82) is 0 Å². The maximum atomic E-state index is 13.8. The molecule has 1 saturated carbocycles. The molecule has 1 aliphatic rings. The number of rotatable bonds is 5. The van der Waals surface area contributed by atoms with Crippen LogP contribution in [-0.4, -0.2) is 11.7 Å². The van der Waals surface area contributed by atoms with Crippen LogP contribution in [0.2, 0.25) is 0 Å². The summed E-state index contributed by atoms with van der Waals surface area (Å²) in [4.78, 5) is 0. The van der Waals surface area contributed by atoms with E-state index in [0.717, 1.165) is 18.4 Å². The van der Waals surface area contributed by atoms with E-state index in [-0.39, 0.29) is 17.6 Å². The monoisotopic (exact) mass is 279 g/mol. The maximum absolute atomic E-state index is 13.8. The summed E-state index contributed by atoms with van der Waals surface area (Å²) in [6.45, 7) is 5.21. The van der Waals surface area contributed by atoms with Crippen LogP contribution in [-0.2, 0) is 0 Å². The van der Waals surface area contributed by atoms with E-state index in [0.29, 0.717) is 5.56 Å². The standard InChI is InChI=1S/C17H26FNO/c1-3-13-4-6-14(7-5-13)11-19-12(2)16-9-8-15(20)10-17(16)18/h8-10,12-14,19-20H,3-7,11H2,1-2H3. The van der Waals surface area contributed by atoms with Crippen LogP contribution in [0.3, 0.4) is 0 Å². The zero-order valence-electron chi connectivity index (χ0n) is 12.5. The molecule has 0 bridgehead atoms. The molecule has 1 aromatic carbocycles. The second kappa shape index (κ2) is 7.07. The zero-order valence-corrected chi connectivity index (χ0v) is 12.5. The summed E-state index contributed by atoms with van der Waals surface area (Å²) in [7, 11) is 0. The smallest absolute Gasteiger partial charge is 0.131 e. The van der Waals surface area contributed by atoms with Gasteiger partial charge in [-0.2, -0.15) is 0 Å². The molecule has 0 aliphatic heterocycles. The number of halogens is 1. The first kappa shape index (κ1) is 15.3. The molecule has 1 fully saturated rings. The zero-order chi connectivity index (χ0) is 14.5. The Hall–Kier alpha value is -1.09. The number of aromatic hydroxyl groups is 1. The molecule has 0 spiro atoms. The van der Waals surface area contributed by atoms with Gasteiger partial charge in [-0.1, -0.05) is 32.3 Å². The fourth-order valence-electron chi connectivity index (χ4n) is 3.16. The highest BCUT2D eigenvalue weighted by Gasteiger charge is 2.20.